The molecule has 0 unspecified atom stereocenters. The maximum absolute atomic E-state index is 6.20. The summed E-state index contributed by atoms with van der Waals surface area (Å²) in [7, 11) is 6.41. The van der Waals surface area contributed by atoms with E-state index in [1.54, 1.807) is 40.6 Å². The molecule has 0 amide bonds. The molecular weight excluding hydrogens is 786 g/mol. The van der Waals surface area contributed by atoms with Gasteiger partial charge in [0.05, 0.1) is 27.4 Å². The zero-order valence-corrected chi connectivity index (χ0v) is 32.8. The molecule has 0 radical (unpaired) electrons. The number of methoxy groups -OCH3 is 4. The smallest absolute Gasteiger partial charge is 0.161 e. The maximum atomic E-state index is 6.20. The summed E-state index contributed by atoms with van der Waals surface area (Å²) in [5.41, 5.74) is 3.06. The van der Waals surface area contributed by atoms with Gasteiger partial charge < -0.3 is 78.9 Å². The van der Waals surface area contributed by atoms with Crippen LogP contribution in [-0.2, 0) is 76.5 Å². The number of hydrogen-bond donors (Lipinski definition) is 0. The molecule has 0 atom stereocenters. The molecule has 4 aromatic carbocycles. The first-order valence-electron chi connectivity index (χ1n) is 14.4. The first-order valence-corrected chi connectivity index (χ1v) is 16.8. The molecule has 49 heavy (non-hydrogen) atoms. The Morgan fingerprint density at radius 2 is 0.857 bits per heavy atom. The van der Waals surface area contributed by atoms with Gasteiger partial charge in [0.2, 0.25) is 0 Å². The molecule has 0 fully saturated rings. The molecule has 0 aliphatic heterocycles. The van der Waals surface area contributed by atoms with E-state index in [9.17, 15) is 0 Å². The molecule has 0 aliphatic carbocycles. The Morgan fingerprint density at radius 1 is 0.490 bits per heavy atom. The van der Waals surface area contributed by atoms with E-state index in [0.717, 1.165) is 22.3 Å². The van der Waals surface area contributed by atoms with Crippen LogP contribution in [0.2, 0.25) is 10.0 Å². The molecular formula is C36H34Cl2NiO6S4-4. The van der Waals surface area contributed by atoms with Crippen LogP contribution in [-0.4, -0.2) is 54.9 Å². The molecule has 0 saturated heterocycles. The van der Waals surface area contributed by atoms with E-state index in [1.807, 2.05) is 72.8 Å². The second kappa shape index (κ2) is 22.3. The van der Waals surface area contributed by atoms with Crippen molar-refractivity contribution in [1.29, 1.82) is 0 Å². The van der Waals surface area contributed by atoms with Gasteiger partial charge in [-0.1, -0.05) is 71.7 Å². The maximum Gasteiger partial charge on any atom is 0.161 e. The zero-order chi connectivity index (χ0) is 35.1. The van der Waals surface area contributed by atoms with Gasteiger partial charge in [-0.05, 0) is 58.7 Å². The van der Waals surface area contributed by atoms with Crippen molar-refractivity contribution in [3.8, 4) is 23.0 Å². The summed E-state index contributed by atoms with van der Waals surface area (Å²) >= 11 is 34.4. The summed E-state index contributed by atoms with van der Waals surface area (Å²) < 4.78 is 32.0. The molecule has 6 nitrogen and oxygen atoms in total. The number of hydrogen-bond acceptors (Lipinski definition) is 10. The molecule has 0 heterocycles. The summed E-state index contributed by atoms with van der Waals surface area (Å²) in [5.74, 6) is 2.44. The topological polar surface area (TPSA) is 55.4 Å². The van der Waals surface area contributed by atoms with Crippen molar-refractivity contribution in [3.05, 3.63) is 117 Å². The molecule has 0 aromatic heterocycles. The Hall–Kier alpha value is -2.57. The Morgan fingerprint density at radius 3 is 1.18 bits per heavy atom. The third-order valence-electron chi connectivity index (χ3n) is 6.59. The van der Waals surface area contributed by atoms with Crippen LogP contribution in [0.5, 0.6) is 23.0 Å². The Balaban J connectivity index is 0.000000333. The van der Waals surface area contributed by atoms with Crippen molar-refractivity contribution in [1.82, 2.24) is 0 Å². The van der Waals surface area contributed by atoms with Crippen LogP contribution in [0.15, 0.2) is 84.9 Å². The normalized spacial score (nSPS) is 11.6. The molecule has 0 spiro atoms. The Bertz CT molecular complexity index is 1600. The zero-order valence-electron chi connectivity index (χ0n) is 27.1. The number of rotatable bonds is 14. The van der Waals surface area contributed by atoms with Gasteiger partial charge in [-0.25, -0.2) is 0 Å². The average molecular weight is 821 g/mol. The van der Waals surface area contributed by atoms with Crippen molar-refractivity contribution in [2.45, 2.75) is 0 Å². The van der Waals surface area contributed by atoms with Crippen molar-refractivity contribution in [2.75, 3.05) is 54.9 Å². The van der Waals surface area contributed by atoms with Gasteiger partial charge in [0.15, 0.2) is 23.0 Å². The fraction of sp³-hybridized carbons (Fsp3) is 0.222. The van der Waals surface area contributed by atoms with Gasteiger partial charge in [-0.15, -0.1) is 0 Å². The van der Waals surface area contributed by atoms with Crippen LogP contribution < -0.4 is 18.9 Å². The third-order valence-corrected chi connectivity index (χ3v) is 9.24. The first kappa shape index (κ1) is 42.6. The SMILES string of the molecule is COCCOc1ccc(/C([S-])=C(/[S-])c2ccccc2Cl)cc1OC.COCCOc1ccc(/C([S-])=C(/[S-])c2ccccc2Cl)cc1OC.[Ni]. The largest absolute Gasteiger partial charge is 0.780 e. The standard InChI is InChI=1S/2C18H19ClO3S2.Ni/c2*1-20-9-10-22-15-8-7-12(11-16(15)21-2)17(23)18(24)13-5-3-4-6-14(13)19;/h2*3-8,11,23-24H,9-10H2,1-2H3;/p-4/b2*18-17-;. The van der Waals surface area contributed by atoms with Crippen molar-refractivity contribution in [3.63, 3.8) is 0 Å². The van der Waals surface area contributed by atoms with E-state index in [4.69, 9.17) is 102 Å². The number of benzene rings is 4. The molecule has 4 rings (SSSR count). The fourth-order valence-corrected chi connectivity index (χ4v) is 5.76. The second-order valence-electron chi connectivity index (χ2n) is 9.69. The van der Waals surface area contributed by atoms with Crippen LogP contribution in [0.4, 0.5) is 0 Å². The minimum absolute atomic E-state index is 0. The van der Waals surface area contributed by atoms with E-state index in [1.165, 1.54) is 0 Å². The van der Waals surface area contributed by atoms with Gasteiger partial charge in [0, 0.05) is 40.8 Å². The molecule has 13 heteroatoms. The van der Waals surface area contributed by atoms with Gasteiger partial charge in [-0.2, -0.15) is 19.6 Å². The quantitative estimate of drug-likeness (QED) is 0.0536. The predicted molar refractivity (Wildman–Crippen MR) is 207 cm³/mol. The Labute approximate surface area is 331 Å². The van der Waals surface area contributed by atoms with Gasteiger partial charge in [0.1, 0.15) is 13.2 Å². The average Bonchev–Trinajstić information content (AvgIpc) is 3.11. The van der Waals surface area contributed by atoms with Crippen LogP contribution in [0.3, 0.4) is 0 Å². The number of halogens is 2. The third kappa shape index (κ3) is 12.3. The molecule has 0 aliphatic rings. The van der Waals surface area contributed by atoms with Gasteiger partial charge in [0.25, 0.3) is 0 Å². The van der Waals surface area contributed by atoms with Crippen molar-refractivity contribution in [2.24, 2.45) is 0 Å². The fourth-order valence-electron chi connectivity index (χ4n) is 4.12. The number of ether oxygens (including phenoxy) is 6. The summed E-state index contributed by atoms with van der Waals surface area (Å²) in [5, 5.41) is 1.16. The van der Waals surface area contributed by atoms with Crippen LogP contribution in [0, 0.1) is 0 Å². The van der Waals surface area contributed by atoms with Gasteiger partial charge in [-0.3, -0.25) is 0 Å². The summed E-state index contributed by atoms with van der Waals surface area (Å²) in [4.78, 5) is 2.15. The van der Waals surface area contributed by atoms with E-state index in [-0.39, 0.29) is 16.5 Å². The molecule has 4 aromatic rings. The van der Waals surface area contributed by atoms with E-state index < -0.39 is 0 Å². The minimum Gasteiger partial charge on any atom is -0.780 e. The minimum atomic E-state index is 0. The van der Waals surface area contributed by atoms with Crippen LogP contribution in [0.1, 0.15) is 22.3 Å². The monoisotopic (exact) mass is 818 g/mol. The molecule has 266 valence electrons. The van der Waals surface area contributed by atoms with E-state index >= 15 is 0 Å². The summed E-state index contributed by atoms with van der Waals surface area (Å²) in [6.07, 6.45) is 0. The van der Waals surface area contributed by atoms with Crippen molar-refractivity contribution < 1.29 is 44.9 Å². The van der Waals surface area contributed by atoms with Crippen molar-refractivity contribution >= 4 is 93.3 Å². The molecule has 0 saturated carbocycles. The predicted octanol–water partition coefficient (Wildman–Crippen LogP) is 8.58. The summed E-state index contributed by atoms with van der Waals surface area (Å²) in [6.45, 7) is 1.88. The van der Waals surface area contributed by atoms with E-state index in [0.29, 0.717) is 79.1 Å². The Kier molecular flexibility index (Phi) is 19.4. The first-order chi connectivity index (χ1) is 23.2. The van der Waals surface area contributed by atoms with Crippen LogP contribution >= 0.6 is 23.2 Å². The summed E-state index contributed by atoms with van der Waals surface area (Å²) in [6, 6.07) is 25.7. The second-order valence-corrected chi connectivity index (χ2v) is 12.1. The molecule has 0 bridgehead atoms. The van der Waals surface area contributed by atoms with E-state index in [2.05, 4.69) is 0 Å². The van der Waals surface area contributed by atoms with Crippen LogP contribution in [0.25, 0.3) is 19.6 Å². The molecule has 0 N–H and O–H groups in total. The van der Waals surface area contributed by atoms with Gasteiger partial charge >= 0.3 is 0 Å².